The van der Waals surface area contributed by atoms with Crippen LogP contribution in [0.3, 0.4) is 0 Å². The van der Waals surface area contributed by atoms with E-state index in [-0.39, 0.29) is 11.9 Å². The smallest absolute Gasteiger partial charge is 0.126 e. The fourth-order valence-electron chi connectivity index (χ4n) is 2.23. The monoisotopic (exact) mass is 369 g/mol. The van der Waals surface area contributed by atoms with E-state index in [2.05, 4.69) is 28.2 Å². The van der Waals surface area contributed by atoms with Crippen molar-refractivity contribution in [1.29, 1.82) is 0 Å². The SMILES string of the molecule is CCCNC(c1ccc(C)c(F)c1)c1cccc(Br)c1Cl. The molecule has 0 spiro atoms. The standard InChI is InChI=1S/C17H18BrClFN/c1-3-9-21-17(12-8-7-11(2)15(20)10-12)13-5-4-6-14(18)16(13)19/h4-8,10,17,21H,3,9H2,1-2H3. The molecule has 1 nitrogen and oxygen atoms in total. The number of aryl methyl sites for hydroxylation is 1. The summed E-state index contributed by atoms with van der Waals surface area (Å²) in [4.78, 5) is 0. The lowest BCUT2D eigenvalue weighted by Crippen LogP contribution is -2.23. The van der Waals surface area contributed by atoms with Crippen LogP contribution < -0.4 is 5.32 Å². The largest absolute Gasteiger partial charge is 0.306 e. The van der Waals surface area contributed by atoms with Gasteiger partial charge in [0.05, 0.1) is 11.1 Å². The van der Waals surface area contributed by atoms with Gasteiger partial charge >= 0.3 is 0 Å². The highest BCUT2D eigenvalue weighted by molar-refractivity contribution is 9.10. The van der Waals surface area contributed by atoms with Crippen LogP contribution in [0.15, 0.2) is 40.9 Å². The Balaban J connectivity index is 2.47. The Morgan fingerprint density at radius 2 is 2.05 bits per heavy atom. The molecule has 0 aliphatic carbocycles. The van der Waals surface area contributed by atoms with E-state index in [1.165, 1.54) is 0 Å². The zero-order valence-electron chi connectivity index (χ0n) is 12.1. The van der Waals surface area contributed by atoms with Gasteiger partial charge in [0.25, 0.3) is 0 Å². The summed E-state index contributed by atoms with van der Waals surface area (Å²) >= 11 is 9.85. The molecule has 112 valence electrons. The number of benzene rings is 2. The fraction of sp³-hybridized carbons (Fsp3) is 0.294. The van der Waals surface area contributed by atoms with Gasteiger partial charge in [-0.25, -0.2) is 4.39 Å². The zero-order chi connectivity index (χ0) is 15.4. The molecule has 0 saturated carbocycles. The number of nitrogens with one attached hydrogen (secondary N) is 1. The van der Waals surface area contributed by atoms with Gasteiger partial charge in [0.2, 0.25) is 0 Å². The normalized spacial score (nSPS) is 12.4. The molecule has 21 heavy (non-hydrogen) atoms. The van der Waals surface area contributed by atoms with Crippen LogP contribution in [0, 0.1) is 12.7 Å². The van der Waals surface area contributed by atoms with Crippen LogP contribution in [0.25, 0.3) is 0 Å². The third-order valence-electron chi connectivity index (χ3n) is 3.42. The van der Waals surface area contributed by atoms with E-state index >= 15 is 0 Å². The second kappa shape index (κ2) is 7.39. The van der Waals surface area contributed by atoms with E-state index in [9.17, 15) is 4.39 Å². The number of hydrogen-bond acceptors (Lipinski definition) is 1. The van der Waals surface area contributed by atoms with Gasteiger partial charge in [-0.2, -0.15) is 0 Å². The quantitative estimate of drug-likeness (QED) is 0.718. The Kier molecular flexibility index (Phi) is 5.80. The average molecular weight is 371 g/mol. The van der Waals surface area contributed by atoms with Crippen molar-refractivity contribution in [3.05, 3.63) is 68.4 Å². The van der Waals surface area contributed by atoms with Gasteiger partial charge in [-0.3, -0.25) is 0 Å². The number of rotatable bonds is 5. The molecule has 1 N–H and O–H groups in total. The minimum absolute atomic E-state index is 0.120. The topological polar surface area (TPSA) is 12.0 Å². The van der Waals surface area contributed by atoms with Crippen LogP contribution in [0.5, 0.6) is 0 Å². The molecule has 0 aromatic heterocycles. The molecule has 2 aromatic carbocycles. The Hall–Kier alpha value is -0.900. The van der Waals surface area contributed by atoms with E-state index in [0.29, 0.717) is 10.6 Å². The Morgan fingerprint density at radius 1 is 1.29 bits per heavy atom. The minimum Gasteiger partial charge on any atom is -0.306 e. The summed E-state index contributed by atoms with van der Waals surface area (Å²) in [6.45, 7) is 4.70. The maximum absolute atomic E-state index is 13.9. The Morgan fingerprint density at radius 3 is 2.71 bits per heavy atom. The summed E-state index contributed by atoms with van der Waals surface area (Å²) in [5.41, 5.74) is 2.47. The van der Waals surface area contributed by atoms with E-state index < -0.39 is 0 Å². The van der Waals surface area contributed by atoms with E-state index in [4.69, 9.17) is 11.6 Å². The van der Waals surface area contributed by atoms with Gasteiger partial charge in [0.15, 0.2) is 0 Å². The van der Waals surface area contributed by atoms with Gasteiger partial charge < -0.3 is 5.32 Å². The van der Waals surface area contributed by atoms with Crippen molar-refractivity contribution >= 4 is 27.5 Å². The fourth-order valence-corrected chi connectivity index (χ4v) is 2.84. The van der Waals surface area contributed by atoms with Gasteiger partial charge in [-0.15, -0.1) is 0 Å². The predicted octanol–water partition coefficient (Wildman–Crippen LogP) is 5.64. The lowest BCUT2D eigenvalue weighted by molar-refractivity contribution is 0.582. The molecule has 0 heterocycles. The maximum atomic E-state index is 13.9. The van der Waals surface area contributed by atoms with Crippen LogP contribution in [0.1, 0.15) is 36.1 Å². The van der Waals surface area contributed by atoms with E-state index in [1.54, 1.807) is 19.1 Å². The maximum Gasteiger partial charge on any atom is 0.126 e. The lowest BCUT2D eigenvalue weighted by Gasteiger charge is -2.21. The second-order valence-electron chi connectivity index (χ2n) is 5.04. The summed E-state index contributed by atoms with van der Waals surface area (Å²) in [5.74, 6) is -0.193. The third-order valence-corrected chi connectivity index (χ3v) is 4.73. The predicted molar refractivity (Wildman–Crippen MR) is 90.4 cm³/mol. The van der Waals surface area contributed by atoms with Gasteiger partial charge in [-0.1, -0.05) is 42.8 Å². The first-order valence-corrected chi connectivity index (χ1v) is 8.15. The molecule has 0 radical (unpaired) electrons. The number of halogens is 3. The first-order valence-electron chi connectivity index (χ1n) is 6.98. The molecule has 0 fully saturated rings. The molecular formula is C17H18BrClFN. The molecule has 2 rings (SSSR count). The molecule has 2 aromatic rings. The van der Waals surface area contributed by atoms with Crippen molar-refractivity contribution in [3.8, 4) is 0 Å². The molecule has 4 heteroatoms. The van der Waals surface area contributed by atoms with Crippen LogP contribution in [-0.2, 0) is 0 Å². The van der Waals surface area contributed by atoms with Crippen molar-refractivity contribution in [2.45, 2.75) is 26.3 Å². The van der Waals surface area contributed by atoms with Gasteiger partial charge in [-0.05, 0) is 64.6 Å². The summed E-state index contributed by atoms with van der Waals surface area (Å²) in [7, 11) is 0. The summed E-state index contributed by atoms with van der Waals surface area (Å²) in [5, 5.41) is 4.10. The van der Waals surface area contributed by atoms with E-state index in [1.807, 2.05) is 24.3 Å². The highest BCUT2D eigenvalue weighted by Gasteiger charge is 2.18. The zero-order valence-corrected chi connectivity index (χ0v) is 14.4. The molecule has 0 saturated heterocycles. The first-order chi connectivity index (χ1) is 10.0. The van der Waals surface area contributed by atoms with Crippen molar-refractivity contribution in [3.63, 3.8) is 0 Å². The van der Waals surface area contributed by atoms with E-state index in [0.717, 1.165) is 28.6 Å². The van der Waals surface area contributed by atoms with Crippen LogP contribution >= 0.6 is 27.5 Å². The van der Waals surface area contributed by atoms with Crippen LogP contribution in [0.4, 0.5) is 4.39 Å². The van der Waals surface area contributed by atoms with Crippen molar-refractivity contribution in [2.24, 2.45) is 0 Å². The molecule has 0 aliphatic rings. The highest BCUT2D eigenvalue weighted by Crippen LogP contribution is 2.33. The van der Waals surface area contributed by atoms with Crippen LogP contribution in [-0.4, -0.2) is 6.54 Å². The molecule has 1 atom stereocenters. The van der Waals surface area contributed by atoms with Crippen LogP contribution in [0.2, 0.25) is 5.02 Å². The highest BCUT2D eigenvalue weighted by atomic mass is 79.9. The second-order valence-corrected chi connectivity index (χ2v) is 6.27. The van der Waals surface area contributed by atoms with Crippen molar-refractivity contribution in [1.82, 2.24) is 5.32 Å². The third kappa shape index (κ3) is 3.85. The molecular weight excluding hydrogens is 353 g/mol. The summed E-state index contributed by atoms with van der Waals surface area (Å²) in [6.07, 6.45) is 0.996. The molecule has 0 aliphatic heterocycles. The molecule has 0 bridgehead atoms. The summed E-state index contributed by atoms with van der Waals surface area (Å²) < 4.78 is 14.7. The number of hydrogen-bond donors (Lipinski definition) is 1. The van der Waals surface area contributed by atoms with Gasteiger partial charge in [0, 0.05) is 4.47 Å². The lowest BCUT2D eigenvalue weighted by atomic mass is 9.97. The van der Waals surface area contributed by atoms with Crippen molar-refractivity contribution < 1.29 is 4.39 Å². The molecule has 0 amide bonds. The van der Waals surface area contributed by atoms with Crippen molar-refractivity contribution in [2.75, 3.05) is 6.54 Å². The first kappa shape index (κ1) is 16.5. The van der Waals surface area contributed by atoms with Gasteiger partial charge in [0.1, 0.15) is 5.82 Å². The Labute approximate surface area is 138 Å². The average Bonchev–Trinajstić information content (AvgIpc) is 2.47. The molecule has 1 unspecified atom stereocenters. The summed E-state index contributed by atoms with van der Waals surface area (Å²) in [6, 6.07) is 11.0. The minimum atomic E-state index is -0.193. The Bertz CT molecular complexity index is 630.